The van der Waals surface area contributed by atoms with Gasteiger partial charge in [-0.15, -0.1) is 0 Å². The summed E-state index contributed by atoms with van der Waals surface area (Å²) >= 11 is 0. The molecule has 100 valence electrons. The summed E-state index contributed by atoms with van der Waals surface area (Å²) in [4.78, 5) is 0. The summed E-state index contributed by atoms with van der Waals surface area (Å²) in [5.74, 6) is 0. The van der Waals surface area contributed by atoms with E-state index in [4.69, 9.17) is 4.52 Å². The van der Waals surface area contributed by atoms with Gasteiger partial charge in [0.15, 0.2) is 0 Å². The lowest BCUT2D eigenvalue weighted by molar-refractivity contribution is 0.370. The Morgan fingerprint density at radius 3 is 2.89 bits per heavy atom. The molecule has 2 nitrogen and oxygen atoms in total. The predicted octanol–water partition coefficient (Wildman–Crippen LogP) is 5.24. The zero-order chi connectivity index (χ0) is 13.6. The second kappa shape index (κ2) is 7.01. The molecule has 0 saturated carbocycles. The minimum atomic E-state index is -0.257. The minimum Gasteiger partial charge on any atom is -0.290 e. The zero-order valence-electron chi connectivity index (χ0n) is 11.8. The summed E-state index contributed by atoms with van der Waals surface area (Å²) in [6.07, 6.45) is 9.99. The van der Waals surface area contributed by atoms with Crippen molar-refractivity contribution in [3.8, 4) is 0 Å². The molecule has 0 aliphatic heterocycles. The zero-order valence-corrected chi connectivity index (χ0v) is 12.7. The molecule has 0 saturated heterocycles. The van der Waals surface area contributed by atoms with E-state index < -0.39 is 0 Å². The van der Waals surface area contributed by atoms with E-state index in [0.29, 0.717) is 12.0 Å². The fourth-order valence-corrected chi connectivity index (χ4v) is 2.37. The molecule has 1 rings (SSSR count). The standard InChI is InChI=1S/C15H23O2P/c1-12(9-11-17-18-16)7-8-14-6-5-10-15(3,4)13(14)2/h7-9H,5-6,10-11H2,1-4H3. The molecule has 0 atom stereocenters. The third-order valence-corrected chi connectivity index (χ3v) is 4.08. The van der Waals surface area contributed by atoms with Crippen LogP contribution >= 0.6 is 8.69 Å². The van der Waals surface area contributed by atoms with Crippen LogP contribution in [0.15, 0.2) is 34.9 Å². The Morgan fingerprint density at radius 2 is 2.22 bits per heavy atom. The SMILES string of the molecule is CC(C=CC1=C(C)C(C)(C)CCC1)=CCOP=O. The molecular formula is C15H23O2P. The summed E-state index contributed by atoms with van der Waals surface area (Å²) in [5.41, 5.74) is 4.44. The normalized spacial score (nSPS) is 21.0. The molecule has 0 spiro atoms. The first-order valence-electron chi connectivity index (χ1n) is 6.47. The van der Waals surface area contributed by atoms with Crippen LogP contribution < -0.4 is 0 Å². The van der Waals surface area contributed by atoms with E-state index in [9.17, 15) is 4.57 Å². The van der Waals surface area contributed by atoms with Crippen LogP contribution in [0.3, 0.4) is 0 Å². The van der Waals surface area contributed by atoms with Gasteiger partial charge in [-0.25, -0.2) is 4.57 Å². The molecule has 0 N–H and O–H groups in total. The lowest BCUT2D eigenvalue weighted by Gasteiger charge is -2.32. The maximum absolute atomic E-state index is 10.1. The van der Waals surface area contributed by atoms with Crippen molar-refractivity contribution in [2.24, 2.45) is 5.41 Å². The lowest BCUT2D eigenvalue weighted by atomic mass is 9.73. The van der Waals surface area contributed by atoms with Crippen molar-refractivity contribution in [2.45, 2.75) is 47.0 Å². The second-order valence-corrected chi connectivity index (χ2v) is 5.95. The topological polar surface area (TPSA) is 26.3 Å². The maximum atomic E-state index is 10.1. The van der Waals surface area contributed by atoms with Gasteiger partial charge in [0.2, 0.25) is 0 Å². The third kappa shape index (κ3) is 4.51. The van der Waals surface area contributed by atoms with E-state index in [2.05, 4.69) is 32.9 Å². The van der Waals surface area contributed by atoms with E-state index in [1.807, 2.05) is 13.0 Å². The first-order chi connectivity index (χ1) is 8.47. The van der Waals surface area contributed by atoms with Crippen LogP contribution in [0, 0.1) is 5.41 Å². The van der Waals surface area contributed by atoms with Crippen molar-refractivity contribution in [2.75, 3.05) is 6.61 Å². The van der Waals surface area contributed by atoms with Crippen molar-refractivity contribution >= 4 is 8.69 Å². The third-order valence-electron chi connectivity index (χ3n) is 3.82. The average molecular weight is 266 g/mol. The monoisotopic (exact) mass is 266 g/mol. The molecule has 0 bridgehead atoms. The fraction of sp³-hybridized carbons (Fsp3) is 0.600. The number of hydrogen-bond acceptors (Lipinski definition) is 2. The Hall–Kier alpha value is -0.720. The van der Waals surface area contributed by atoms with E-state index in [-0.39, 0.29) is 8.69 Å². The first kappa shape index (κ1) is 15.3. The number of allylic oxidation sites excluding steroid dienone is 5. The van der Waals surface area contributed by atoms with Crippen molar-refractivity contribution in [3.05, 3.63) is 34.9 Å². The van der Waals surface area contributed by atoms with E-state index in [1.54, 1.807) is 0 Å². The summed E-state index contributed by atoms with van der Waals surface area (Å²) in [6.45, 7) is 9.31. The molecule has 18 heavy (non-hydrogen) atoms. The molecule has 0 amide bonds. The van der Waals surface area contributed by atoms with Crippen LogP contribution in [0.1, 0.15) is 47.0 Å². The van der Waals surface area contributed by atoms with Gasteiger partial charge in [-0.2, -0.15) is 0 Å². The fourth-order valence-electron chi connectivity index (χ4n) is 2.24. The van der Waals surface area contributed by atoms with E-state index >= 15 is 0 Å². The van der Waals surface area contributed by atoms with Crippen molar-refractivity contribution < 1.29 is 9.09 Å². The van der Waals surface area contributed by atoms with Crippen LogP contribution in [-0.4, -0.2) is 6.61 Å². The van der Waals surface area contributed by atoms with Crippen LogP contribution in [0.2, 0.25) is 0 Å². The lowest BCUT2D eigenvalue weighted by Crippen LogP contribution is -2.18. The molecule has 1 aliphatic carbocycles. The van der Waals surface area contributed by atoms with Crippen molar-refractivity contribution in [3.63, 3.8) is 0 Å². The highest BCUT2D eigenvalue weighted by molar-refractivity contribution is 7.17. The smallest absolute Gasteiger partial charge is 0.290 e. The summed E-state index contributed by atoms with van der Waals surface area (Å²) in [5, 5.41) is 0. The van der Waals surface area contributed by atoms with Gasteiger partial charge in [0.25, 0.3) is 0 Å². The molecule has 0 aromatic rings. The Balaban J connectivity index is 2.71. The Labute approximate surface area is 112 Å². The Morgan fingerprint density at radius 1 is 1.50 bits per heavy atom. The molecule has 0 aromatic heterocycles. The van der Waals surface area contributed by atoms with Gasteiger partial charge in [-0.3, -0.25) is 4.52 Å². The molecule has 0 fully saturated rings. The van der Waals surface area contributed by atoms with Gasteiger partial charge < -0.3 is 0 Å². The minimum absolute atomic E-state index is 0.257. The first-order valence-corrected chi connectivity index (χ1v) is 7.20. The molecule has 0 radical (unpaired) electrons. The highest BCUT2D eigenvalue weighted by atomic mass is 31.1. The van der Waals surface area contributed by atoms with Crippen LogP contribution in [0.5, 0.6) is 0 Å². The quantitative estimate of drug-likeness (QED) is 0.386. The highest BCUT2D eigenvalue weighted by Gasteiger charge is 2.25. The summed E-state index contributed by atoms with van der Waals surface area (Å²) in [6, 6.07) is 0. The van der Waals surface area contributed by atoms with Crippen LogP contribution in [0.25, 0.3) is 0 Å². The maximum Gasteiger partial charge on any atom is 0.327 e. The van der Waals surface area contributed by atoms with Gasteiger partial charge >= 0.3 is 8.69 Å². The van der Waals surface area contributed by atoms with Gasteiger partial charge in [0.1, 0.15) is 0 Å². The largest absolute Gasteiger partial charge is 0.327 e. The van der Waals surface area contributed by atoms with Gasteiger partial charge in [0, 0.05) is 0 Å². The number of hydrogen-bond donors (Lipinski definition) is 0. The Kier molecular flexibility index (Phi) is 5.98. The van der Waals surface area contributed by atoms with Crippen LogP contribution in [0.4, 0.5) is 0 Å². The summed E-state index contributed by atoms with van der Waals surface area (Å²) < 4.78 is 14.9. The Bertz CT molecular complexity index is 389. The predicted molar refractivity (Wildman–Crippen MR) is 76.8 cm³/mol. The van der Waals surface area contributed by atoms with Crippen molar-refractivity contribution in [1.82, 2.24) is 0 Å². The molecule has 3 heteroatoms. The second-order valence-electron chi connectivity index (χ2n) is 5.54. The molecule has 0 heterocycles. The van der Waals surface area contributed by atoms with Gasteiger partial charge in [0.05, 0.1) is 6.61 Å². The molecule has 0 unspecified atom stereocenters. The van der Waals surface area contributed by atoms with Crippen molar-refractivity contribution in [1.29, 1.82) is 0 Å². The molecular weight excluding hydrogens is 243 g/mol. The average Bonchev–Trinajstić information content (AvgIpc) is 2.31. The highest BCUT2D eigenvalue weighted by Crippen LogP contribution is 2.40. The van der Waals surface area contributed by atoms with Gasteiger partial charge in [-0.05, 0) is 44.1 Å². The van der Waals surface area contributed by atoms with E-state index in [1.165, 1.54) is 30.4 Å². The summed E-state index contributed by atoms with van der Waals surface area (Å²) in [7, 11) is -0.257. The van der Waals surface area contributed by atoms with Gasteiger partial charge in [-0.1, -0.05) is 43.2 Å². The van der Waals surface area contributed by atoms with E-state index in [0.717, 1.165) is 5.57 Å². The molecule has 0 aromatic carbocycles. The van der Waals surface area contributed by atoms with Crippen LogP contribution in [-0.2, 0) is 9.09 Å². The molecule has 1 aliphatic rings. The number of rotatable bonds is 5.